The number of rotatable bonds is 5. The van der Waals surface area contributed by atoms with Crippen LogP contribution in [0.25, 0.3) is 10.8 Å². The number of piperazine rings is 1. The number of aryl methyl sites for hydroxylation is 1. The smallest absolute Gasteiger partial charge is 0.306 e. The van der Waals surface area contributed by atoms with Crippen molar-refractivity contribution in [1.82, 2.24) is 14.5 Å². The molecule has 208 valence electrons. The molecule has 1 unspecified atom stereocenters. The number of hydrogen-bond acceptors (Lipinski definition) is 7. The van der Waals surface area contributed by atoms with Gasteiger partial charge in [0, 0.05) is 24.9 Å². The molecule has 4 aromatic rings. The number of carbonyl (C=O) groups excluding carboxylic acids is 2. The van der Waals surface area contributed by atoms with Crippen molar-refractivity contribution in [2.45, 2.75) is 18.9 Å². The maximum atomic E-state index is 14.4. The molecular formula is C29H24FN5O5S. The van der Waals surface area contributed by atoms with E-state index in [4.69, 9.17) is 9.44 Å². The van der Waals surface area contributed by atoms with E-state index in [1.807, 2.05) is 12.1 Å². The Hall–Kier alpha value is -4.76. The topological polar surface area (TPSA) is 126 Å². The molecule has 1 atom stereocenters. The predicted octanol–water partition coefficient (Wildman–Crippen LogP) is 3.41. The van der Waals surface area contributed by atoms with Gasteiger partial charge < -0.3 is 18.6 Å². The second kappa shape index (κ2) is 10.0. The van der Waals surface area contributed by atoms with Gasteiger partial charge in [-0.3, -0.25) is 9.59 Å². The predicted molar refractivity (Wildman–Crippen MR) is 147 cm³/mol. The van der Waals surface area contributed by atoms with E-state index in [2.05, 4.69) is 4.98 Å². The lowest BCUT2D eigenvalue weighted by Gasteiger charge is -2.35. The van der Waals surface area contributed by atoms with Gasteiger partial charge in [-0.15, -0.1) is 0 Å². The van der Waals surface area contributed by atoms with Gasteiger partial charge in [0.2, 0.25) is 5.91 Å². The first-order chi connectivity index (χ1) is 19.6. The minimum absolute atomic E-state index is 0.0457. The van der Waals surface area contributed by atoms with Crippen molar-refractivity contribution in [1.29, 1.82) is 5.26 Å². The molecule has 2 aliphatic heterocycles. The van der Waals surface area contributed by atoms with Crippen LogP contribution in [-0.4, -0.2) is 60.6 Å². The molecule has 41 heavy (non-hydrogen) atoms. The number of aromatic nitrogens is 2. The highest BCUT2D eigenvalue weighted by atomic mass is 32.2. The van der Waals surface area contributed by atoms with Gasteiger partial charge >= 0.3 is 10.1 Å². The summed E-state index contributed by atoms with van der Waals surface area (Å²) >= 11 is 0. The summed E-state index contributed by atoms with van der Waals surface area (Å²) < 4.78 is 44.5. The number of fused-ring (bicyclic) bond motifs is 2. The zero-order valence-electron chi connectivity index (χ0n) is 21.9. The molecule has 2 aliphatic rings. The Bertz CT molecular complexity index is 1880. The lowest BCUT2D eigenvalue weighted by Crippen LogP contribution is -2.52. The highest BCUT2D eigenvalue weighted by Crippen LogP contribution is 2.35. The Kier molecular flexibility index (Phi) is 6.46. The molecule has 12 heteroatoms. The van der Waals surface area contributed by atoms with Crippen molar-refractivity contribution >= 4 is 38.4 Å². The van der Waals surface area contributed by atoms with Crippen molar-refractivity contribution in [3.8, 4) is 11.8 Å². The van der Waals surface area contributed by atoms with E-state index < -0.39 is 15.9 Å². The second-order valence-electron chi connectivity index (χ2n) is 10.1. The lowest BCUT2D eigenvalue weighted by molar-refractivity contribution is -0.120. The summed E-state index contributed by atoms with van der Waals surface area (Å²) in [6.07, 6.45) is 3.70. The molecule has 0 N–H and O–H groups in total. The number of halogens is 1. The maximum absolute atomic E-state index is 14.4. The summed E-state index contributed by atoms with van der Waals surface area (Å²) in [4.78, 5) is 34.5. The lowest BCUT2D eigenvalue weighted by atomic mass is 10.0. The van der Waals surface area contributed by atoms with Crippen LogP contribution in [0, 0.1) is 17.1 Å². The van der Waals surface area contributed by atoms with E-state index in [-0.39, 0.29) is 48.8 Å². The number of anilines is 1. The van der Waals surface area contributed by atoms with Crippen LogP contribution in [0.3, 0.4) is 0 Å². The average Bonchev–Trinajstić information content (AvgIpc) is 3.54. The largest absolute Gasteiger partial charge is 0.383 e. The molecule has 2 amide bonds. The zero-order valence-corrected chi connectivity index (χ0v) is 22.8. The van der Waals surface area contributed by atoms with Crippen LogP contribution in [-0.2, 0) is 21.3 Å². The Morgan fingerprint density at radius 2 is 1.98 bits per heavy atom. The number of benzene rings is 3. The Labute approximate surface area is 235 Å². The van der Waals surface area contributed by atoms with Crippen LogP contribution in [0.15, 0.2) is 60.8 Å². The molecule has 1 saturated heterocycles. The van der Waals surface area contributed by atoms with Gasteiger partial charge in [-0.05, 0) is 47.7 Å². The van der Waals surface area contributed by atoms with Crippen molar-refractivity contribution in [3.63, 3.8) is 0 Å². The summed E-state index contributed by atoms with van der Waals surface area (Å²) in [7, 11) is -3.73. The first-order valence-electron chi connectivity index (χ1n) is 12.9. The number of carbonyl (C=O) groups is 2. The fraction of sp³-hybridized carbons (Fsp3) is 0.241. The molecule has 6 rings (SSSR count). The SMILES string of the molecule is CS(=O)(=O)Oc1ccc2cccc(N3CCN(C(=O)c4cnc5n4C(c4ccc(C#N)c(F)c4)CC5)CC3=O)c2c1. The van der Waals surface area contributed by atoms with Gasteiger partial charge in [-0.2, -0.15) is 13.7 Å². The van der Waals surface area contributed by atoms with Gasteiger partial charge in [0.05, 0.1) is 29.7 Å². The van der Waals surface area contributed by atoms with Crippen LogP contribution < -0.4 is 9.08 Å². The summed E-state index contributed by atoms with van der Waals surface area (Å²) in [5.41, 5.74) is 1.51. The minimum Gasteiger partial charge on any atom is -0.383 e. The van der Waals surface area contributed by atoms with Gasteiger partial charge in [-0.25, -0.2) is 9.37 Å². The summed E-state index contributed by atoms with van der Waals surface area (Å²) in [5, 5.41) is 10.5. The summed E-state index contributed by atoms with van der Waals surface area (Å²) in [5.74, 6) is -0.412. The average molecular weight is 574 g/mol. The number of nitriles is 1. The van der Waals surface area contributed by atoms with Gasteiger partial charge in [0.25, 0.3) is 5.91 Å². The van der Waals surface area contributed by atoms with E-state index in [0.717, 1.165) is 11.6 Å². The third kappa shape index (κ3) is 4.89. The van der Waals surface area contributed by atoms with Crippen LogP contribution in [0.2, 0.25) is 0 Å². The van der Waals surface area contributed by atoms with Crippen molar-refractivity contribution in [2.75, 3.05) is 30.8 Å². The van der Waals surface area contributed by atoms with E-state index in [0.29, 0.717) is 41.0 Å². The standard InChI is InChI=1S/C29H24FN5O5S/c1-41(38,39)40-21-8-7-18-3-2-4-25(22(18)14-21)34-12-11-33(17-28(34)36)29(37)26-16-32-27-10-9-24(35(26)27)19-5-6-20(15-31)23(30)13-19/h2-8,13-14,16,24H,9-12,17H2,1H3. The fourth-order valence-corrected chi connectivity index (χ4v) is 6.04. The molecule has 0 radical (unpaired) electrons. The van der Waals surface area contributed by atoms with Crippen molar-refractivity contribution in [3.05, 3.63) is 89.3 Å². The monoisotopic (exact) mass is 573 g/mol. The summed E-state index contributed by atoms with van der Waals surface area (Å²) in [6, 6.07) is 16.2. The third-order valence-corrected chi connectivity index (χ3v) is 7.92. The first-order valence-corrected chi connectivity index (χ1v) is 14.7. The highest BCUT2D eigenvalue weighted by Gasteiger charge is 2.35. The molecule has 0 spiro atoms. The second-order valence-corrected chi connectivity index (χ2v) is 11.6. The molecule has 3 heterocycles. The summed E-state index contributed by atoms with van der Waals surface area (Å²) in [6.45, 7) is 0.328. The number of hydrogen-bond donors (Lipinski definition) is 0. The Morgan fingerprint density at radius 1 is 1.15 bits per heavy atom. The normalized spacial score (nSPS) is 17.0. The highest BCUT2D eigenvalue weighted by molar-refractivity contribution is 7.86. The molecular weight excluding hydrogens is 549 g/mol. The quantitative estimate of drug-likeness (QED) is 0.335. The third-order valence-electron chi connectivity index (χ3n) is 7.42. The molecule has 1 aromatic heterocycles. The maximum Gasteiger partial charge on any atom is 0.306 e. The Balaban J connectivity index is 1.24. The van der Waals surface area contributed by atoms with Gasteiger partial charge in [0.1, 0.15) is 35.7 Å². The van der Waals surface area contributed by atoms with E-state index in [1.165, 1.54) is 23.2 Å². The van der Waals surface area contributed by atoms with Crippen molar-refractivity contribution in [2.24, 2.45) is 0 Å². The van der Waals surface area contributed by atoms with Gasteiger partial charge in [-0.1, -0.05) is 24.3 Å². The number of imidazole rings is 1. The molecule has 1 fully saturated rings. The van der Waals surface area contributed by atoms with Crippen LogP contribution >= 0.6 is 0 Å². The first kappa shape index (κ1) is 26.5. The van der Waals surface area contributed by atoms with Crippen LogP contribution in [0.4, 0.5) is 10.1 Å². The molecule has 10 nitrogen and oxygen atoms in total. The van der Waals surface area contributed by atoms with E-state index in [1.54, 1.807) is 45.9 Å². The fourth-order valence-electron chi connectivity index (χ4n) is 5.59. The van der Waals surface area contributed by atoms with E-state index in [9.17, 15) is 22.4 Å². The van der Waals surface area contributed by atoms with Crippen LogP contribution in [0.1, 0.15) is 39.9 Å². The molecule has 0 bridgehead atoms. The van der Waals surface area contributed by atoms with Crippen LogP contribution in [0.5, 0.6) is 5.75 Å². The number of nitrogens with zero attached hydrogens (tertiary/aromatic N) is 5. The zero-order chi connectivity index (χ0) is 28.9. The number of amides is 2. The molecule has 0 saturated carbocycles. The Morgan fingerprint density at radius 3 is 2.71 bits per heavy atom. The van der Waals surface area contributed by atoms with E-state index >= 15 is 0 Å². The van der Waals surface area contributed by atoms with Gasteiger partial charge in [0.15, 0.2) is 0 Å². The molecule has 3 aromatic carbocycles. The minimum atomic E-state index is -3.73. The molecule has 0 aliphatic carbocycles. The van der Waals surface area contributed by atoms with Crippen molar-refractivity contribution < 1.29 is 26.6 Å².